The van der Waals surface area contributed by atoms with E-state index in [-0.39, 0.29) is 18.4 Å². The highest BCUT2D eigenvalue weighted by atomic mass is 16.5. The predicted molar refractivity (Wildman–Crippen MR) is 94.1 cm³/mol. The average Bonchev–Trinajstić information content (AvgIpc) is 2.54. The second kappa shape index (κ2) is 8.24. The third kappa shape index (κ3) is 4.91. The fraction of sp³-hybridized carbons (Fsp3) is 0.316. The predicted octanol–water partition coefficient (Wildman–Crippen LogP) is 3.67. The first-order valence-electron chi connectivity index (χ1n) is 7.79. The number of nitrogens with one attached hydrogen (secondary N) is 1. The van der Waals surface area contributed by atoms with Gasteiger partial charge in [0.05, 0.1) is 26.7 Å². The van der Waals surface area contributed by atoms with Crippen molar-refractivity contribution in [3.05, 3.63) is 48.0 Å². The fourth-order valence-corrected chi connectivity index (χ4v) is 2.30. The Morgan fingerprint density at radius 3 is 2.46 bits per heavy atom. The summed E-state index contributed by atoms with van der Waals surface area (Å²) in [6.45, 7) is 3.92. The van der Waals surface area contributed by atoms with Crippen LogP contribution in [0.15, 0.2) is 42.5 Å². The van der Waals surface area contributed by atoms with E-state index in [0.717, 1.165) is 11.3 Å². The molecule has 2 aromatic carbocycles. The number of benzene rings is 2. The molecule has 0 fully saturated rings. The van der Waals surface area contributed by atoms with Crippen molar-refractivity contribution >= 4 is 11.6 Å². The van der Waals surface area contributed by atoms with Crippen molar-refractivity contribution in [3.63, 3.8) is 0 Å². The van der Waals surface area contributed by atoms with Crippen molar-refractivity contribution in [1.29, 1.82) is 0 Å². The van der Waals surface area contributed by atoms with Crippen LogP contribution in [0.5, 0.6) is 17.2 Å². The Morgan fingerprint density at radius 1 is 1.04 bits per heavy atom. The maximum absolute atomic E-state index is 12.2. The summed E-state index contributed by atoms with van der Waals surface area (Å²) in [6, 6.07) is 12.8. The molecule has 0 bridgehead atoms. The SMILES string of the molecule is COc1ccc(CC(=O)Nc2cccc(OC(C)C)c2)cc1OC. The monoisotopic (exact) mass is 329 g/mol. The first-order chi connectivity index (χ1) is 11.5. The highest BCUT2D eigenvalue weighted by molar-refractivity contribution is 5.92. The van der Waals surface area contributed by atoms with Crippen molar-refractivity contribution in [2.75, 3.05) is 19.5 Å². The van der Waals surface area contributed by atoms with Gasteiger partial charge in [-0.25, -0.2) is 0 Å². The van der Waals surface area contributed by atoms with Crippen LogP contribution in [0.4, 0.5) is 5.69 Å². The lowest BCUT2D eigenvalue weighted by atomic mass is 10.1. The van der Waals surface area contributed by atoms with Crippen LogP contribution in [0, 0.1) is 0 Å². The third-order valence-corrected chi connectivity index (χ3v) is 3.30. The van der Waals surface area contributed by atoms with Gasteiger partial charge in [0.2, 0.25) is 5.91 Å². The number of anilines is 1. The summed E-state index contributed by atoms with van der Waals surface area (Å²) in [6.07, 6.45) is 0.332. The number of hydrogen-bond acceptors (Lipinski definition) is 4. The molecule has 0 saturated heterocycles. The standard InChI is InChI=1S/C19H23NO4/c1-13(2)24-16-7-5-6-15(12-16)20-19(21)11-14-8-9-17(22-3)18(10-14)23-4/h5-10,12-13H,11H2,1-4H3,(H,20,21). The normalized spacial score (nSPS) is 10.4. The molecular formula is C19H23NO4. The first kappa shape index (κ1) is 17.7. The van der Waals surface area contributed by atoms with E-state index in [2.05, 4.69) is 5.32 Å². The van der Waals surface area contributed by atoms with E-state index in [9.17, 15) is 4.79 Å². The molecular weight excluding hydrogens is 306 g/mol. The number of carbonyl (C=O) groups is 1. The summed E-state index contributed by atoms with van der Waals surface area (Å²) in [5.74, 6) is 1.87. The van der Waals surface area contributed by atoms with Crippen LogP contribution >= 0.6 is 0 Å². The van der Waals surface area contributed by atoms with Gasteiger partial charge in [0.1, 0.15) is 5.75 Å². The molecule has 0 unspecified atom stereocenters. The third-order valence-electron chi connectivity index (χ3n) is 3.30. The summed E-state index contributed by atoms with van der Waals surface area (Å²) in [5.41, 5.74) is 1.55. The Bertz CT molecular complexity index is 698. The van der Waals surface area contributed by atoms with Gasteiger partial charge in [-0.2, -0.15) is 0 Å². The van der Waals surface area contributed by atoms with Crippen LogP contribution < -0.4 is 19.5 Å². The molecule has 0 heterocycles. The molecule has 24 heavy (non-hydrogen) atoms. The zero-order valence-corrected chi connectivity index (χ0v) is 14.5. The average molecular weight is 329 g/mol. The zero-order valence-electron chi connectivity index (χ0n) is 14.5. The van der Waals surface area contributed by atoms with Crippen LogP contribution in [0.25, 0.3) is 0 Å². The summed E-state index contributed by atoms with van der Waals surface area (Å²) < 4.78 is 16.1. The molecule has 2 aromatic rings. The highest BCUT2D eigenvalue weighted by Crippen LogP contribution is 2.28. The van der Waals surface area contributed by atoms with Gasteiger partial charge in [-0.1, -0.05) is 12.1 Å². The zero-order chi connectivity index (χ0) is 17.5. The molecule has 128 valence electrons. The molecule has 0 aliphatic heterocycles. The number of amides is 1. The van der Waals surface area contributed by atoms with Gasteiger partial charge in [0, 0.05) is 11.8 Å². The van der Waals surface area contributed by atoms with Gasteiger partial charge >= 0.3 is 0 Å². The van der Waals surface area contributed by atoms with Crippen molar-refractivity contribution in [3.8, 4) is 17.2 Å². The van der Waals surface area contributed by atoms with Gasteiger partial charge in [-0.15, -0.1) is 0 Å². The molecule has 5 heteroatoms. The van der Waals surface area contributed by atoms with Crippen molar-refractivity contribution < 1.29 is 19.0 Å². The Balaban J connectivity index is 2.03. The second-order valence-corrected chi connectivity index (χ2v) is 5.61. The first-order valence-corrected chi connectivity index (χ1v) is 7.79. The van der Waals surface area contributed by atoms with E-state index >= 15 is 0 Å². The van der Waals surface area contributed by atoms with E-state index in [1.807, 2.05) is 44.2 Å². The van der Waals surface area contributed by atoms with E-state index in [0.29, 0.717) is 17.2 Å². The topological polar surface area (TPSA) is 56.8 Å². The lowest BCUT2D eigenvalue weighted by molar-refractivity contribution is -0.115. The van der Waals surface area contributed by atoms with Crippen molar-refractivity contribution in [2.45, 2.75) is 26.4 Å². The van der Waals surface area contributed by atoms with Crippen LogP contribution in [-0.4, -0.2) is 26.2 Å². The number of hydrogen-bond donors (Lipinski definition) is 1. The minimum Gasteiger partial charge on any atom is -0.493 e. The summed E-state index contributed by atoms with van der Waals surface area (Å²) in [5, 5.41) is 2.88. The van der Waals surface area contributed by atoms with Crippen LogP contribution in [0.3, 0.4) is 0 Å². The van der Waals surface area contributed by atoms with Gasteiger partial charge in [0.25, 0.3) is 0 Å². The quantitative estimate of drug-likeness (QED) is 0.842. The van der Waals surface area contributed by atoms with E-state index < -0.39 is 0 Å². The Labute approximate surface area is 142 Å². The highest BCUT2D eigenvalue weighted by Gasteiger charge is 2.09. The molecule has 0 aromatic heterocycles. The molecule has 0 radical (unpaired) electrons. The lowest BCUT2D eigenvalue weighted by Crippen LogP contribution is -2.14. The lowest BCUT2D eigenvalue weighted by Gasteiger charge is -2.12. The minimum absolute atomic E-state index is 0.0858. The van der Waals surface area contributed by atoms with Gasteiger partial charge in [-0.3, -0.25) is 4.79 Å². The van der Waals surface area contributed by atoms with Crippen molar-refractivity contribution in [1.82, 2.24) is 0 Å². The molecule has 0 aliphatic carbocycles. The summed E-state index contributed by atoms with van der Waals surface area (Å²) >= 11 is 0. The van der Waals surface area contributed by atoms with E-state index in [1.165, 1.54) is 0 Å². The number of rotatable bonds is 7. The van der Waals surface area contributed by atoms with Gasteiger partial charge in [0.15, 0.2) is 11.5 Å². The van der Waals surface area contributed by atoms with Crippen LogP contribution in [0.1, 0.15) is 19.4 Å². The van der Waals surface area contributed by atoms with Crippen molar-refractivity contribution in [2.24, 2.45) is 0 Å². The Morgan fingerprint density at radius 2 is 1.79 bits per heavy atom. The molecule has 0 atom stereocenters. The molecule has 5 nitrogen and oxygen atoms in total. The molecule has 0 aliphatic rings. The Kier molecular flexibility index (Phi) is 6.07. The fourth-order valence-electron chi connectivity index (χ4n) is 2.30. The second-order valence-electron chi connectivity index (χ2n) is 5.61. The maximum atomic E-state index is 12.2. The molecule has 2 rings (SSSR count). The minimum atomic E-state index is -0.107. The Hall–Kier alpha value is -2.69. The largest absolute Gasteiger partial charge is 0.493 e. The molecule has 0 spiro atoms. The van der Waals surface area contributed by atoms with Crippen LogP contribution in [-0.2, 0) is 11.2 Å². The molecule has 0 saturated carbocycles. The number of ether oxygens (including phenoxy) is 3. The van der Waals surface area contributed by atoms with Gasteiger partial charge in [-0.05, 0) is 43.7 Å². The van der Waals surface area contributed by atoms with E-state index in [1.54, 1.807) is 26.4 Å². The molecule has 1 amide bonds. The number of carbonyl (C=O) groups excluding carboxylic acids is 1. The van der Waals surface area contributed by atoms with E-state index in [4.69, 9.17) is 14.2 Å². The summed E-state index contributed by atoms with van der Waals surface area (Å²) in [7, 11) is 3.15. The molecule has 1 N–H and O–H groups in total. The number of methoxy groups -OCH3 is 2. The maximum Gasteiger partial charge on any atom is 0.228 e. The summed E-state index contributed by atoms with van der Waals surface area (Å²) in [4.78, 5) is 12.2. The smallest absolute Gasteiger partial charge is 0.228 e. The van der Waals surface area contributed by atoms with Crippen LogP contribution in [0.2, 0.25) is 0 Å². The van der Waals surface area contributed by atoms with Gasteiger partial charge < -0.3 is 19.5 Å².